The zero-order chi connectivity index (χ0) is 23.0. The van der Waals surface area contributed by atoms with Gasteiger partial charge in [-0.1, -0.05) is 26.0 Å². The summed E-state index contributed by atoms with van der Waals surface area (Å²) in [5.41, 5.74) is 4.67. The van der Waals surface area contributed by atoms with Crippen molar-refractivity contribution >= 4 is 17.3 Å². The highest BCUT2D eigenvalue weighted by Crippen LogP contribution is 2.44. The Morgan fingerprint density at radius 1 is 1.23 bits per heavy atom. The van der Waals surface area contributed by atoms with Crippen LogP contribution < -0.4 is 4.90 Å². The van der Waals surface area contributed by atoms with Gasteiger partial charge < -0.3 is 4.90 Å². The standard InChI is InChI=1S/C26H29F3N2/c1-6-11-31-24-12-17(2)20(14-23(24)18(3)15-25(31,4)5)13-21(16-30)19-7-9-22(10-8-19)26(27,28)29/h7-10,12-14,18H,6,11,15H2,1-5H3/b21-13+. The molecule has 2 nitrogen and oxygen atoms in total. The molecule has 0 saturated carbocycles. The number of hydrogen-bond donors (Lipinski definition) is 0. The van der Waals surface area contributed by atoms with Crippen LogP contribution in [-0.4, -0.2) is 12.1 Å². The highest BCUT2D eigenvalue weighted by molar-refractivity contribution is 5.90. The lowest BCUT2D eigenvalue weighted by atomic mass is 9.78. The third-order valence-electron chi connectivity index (χ3n) is 6.16. The van der Waals surface area contributed by atoms with Gasteiger partial charge in [0.1, 0.15) is 0 Å². The molecular formula is C26H29F3N2. The van der Waals surface area contributed by atoms with Crippen LogP contribution in [0.3, 0.4) is 0 Å². The maximum atomic E-state index is 12.9. The number of allylic oxidation sites excluding steroid dienone is 1. The van der Waals surface area contributed by atoms with Crippen molar-refractivity contribution in [1.29, 1.82) is 5.26 Å². The Labute approximate surface area is 183 Å². The molecule has 0 aromatic heterocycles. The Morgan fingerprint density at radius 3 is 2.42 bits per heavy atom. The van der Waals surface area contributed by atoms with Crippen LogP contribution in [0.2, 0.25) is 0 Å². The molecule has 1 heterocycles. The van der Waals surface area contributed by atoms with Crippen molar-refractivity contribution in [3.8, 4) is 6.07 Å². The first-order valence-corrected chi connectivity index (χ1v) is 10.7. The van der Waals surface area contributed by atoms with Crippen LogP contribution in [0.4, 0.5) is 18.9 Å². The molecule has 1 atom stereocenters. The average molecular weight is 427 g/mol. The van der Waals surface area contributed by atoms with Gasteiger partial charge in [0.25, 0.3) is 0 Å². The predicted octanol–water partition coefficient (Wildman–Crippen LogP) is 7.58. The molecule has 0 amide bonds. The maximum Gasteiger partial charge on any atom is 0.416 e. The van der Waals surface area contributed by atoms with Crippen LogP contribution in [0.25, 0.3) is 11.6 Å². The summed E-state index contributed by atoms with van der Waals surface area (Å²) < 4.78 is 38.6. The van der Waals surface area contributed by atoms with E-state index in [1.165, 1.54) is 23.4 Å². The number of halogens is 3. The molecule has 0 aliphatic carbocycles. The minimum Gasteiger partial charge on any atom is -0.366 e. The van der Waals surface area contributed by atoms with E-state index in [1.807, 2.05) is 6.92 Å². The van der Waals surface area contributed by atoms with E-state index in [0.29, 0.717) is 17.1 Å². The lowest BCUT2D eigenvalue weighted by Crippen LogP contribution is -2.48. The Kier molecular flexibility index (Phi) is 6.23. The van der Waals surface area contributed by atoms with Crippen LogP contribution in [0.15, 0.2) is 36.4 Å². The number of nitrogens with zero attached hydrogens (tertiary/aromatic N) is 2. The minimum atomic E-state index is -4.39. The Bertz CT molecular complexity index is 1020. The molecule has 0 radical (unpaired) electrons. The van der Waals surface area contributed by atoms with Gasteiger partial charge in [0, 0.05) is 17.8 Å². The zero-order valence-electron chi connectivity index (χ0n) is 18.8. The van der Waals surface area contributed by atoms with Crippen molar-refractivity contribution in [2.75, 3.05) is 11.4 Å². The van der Waals surface area contributed by atoms with E-state index >= 15 is 0 Å². The van der Waals surface area contributed by atoms with E-state index in [2.05, 4.69) is 50.8 Å². The molecule has 5 heteroatoms. The van der Waals surface area contributed by atoms with Crippen molar-refractivity contribution in [2.24, 2.45) is 0 Å². The van der Waals surface area contributed by atoms with Gasteiger partial charge in [0.05, 0.1) is 17.2 Å². The van der Waals surface area contributed by atoms with Crippen molar-refractivity contribution in [2.45, 2.75) is 65.1 Å². The summed E-state index contributed by atoms with van der Waals surface area (Å²) in [7, 11) is 0. The minimum absolute atomic E-state index is 0.0737. The van der Waals surface area contributed by atoms with Crippen LogP contribution in [0.5, 0.6) is 0 Å². The Hall–Kier alpha value is -2.74. The summed E-state index contributed by atoms with van der Waals surface area (Å²) in [5, 5.41) is 9.68. The second-order valence-corrected chi connectivity index (χ2v) is 9.08. The van der Waals surface area contributed by atoms with Gasteiger partial charge >= 0.3 is 6.18 Å². The number of benzene rings is 2. The SMILES string of the molecule is CCCN1c2cc(C)c(/C=C(\C#N)c3ccc(C(F)(F)F)cc3)cc2C(C)CC1(C)C. The van der Waals surface area contributed by atoms with E-state index in [-0.39, 0.29) is 5.54 Å². The van der Waals surface area contributed by atoms with Crippen molar-refractivity contribution in [3.63, 3.8) is 0 Å². The molecule has 3 rings (SSSR count). The fourth-order valence-corrected chi connectivity index (χ4v) is 4.63. The molecule has 0 saturated heterocycles. The summed E-state index contributed by atoms with van der Waals surface area (Å²) in [6.07, 6.45) is -0.506. The molecular weight excluding hydrogens is 397 g/mol. The first-order chi connectivity index (χ1) is 14.5. The van der Waals surface area contributed by atoms with E-state index in [1.54, 1.807) is 6.08 Å². The van der Waals surface area contributed by atoms with E-state index in [9.17, 15) is 18.4 Å². The molecule has 0 bridgehead atoms. The summed E-state index contributed by atoms with van der Waals surface area (Å²) in [4.78, 5) is 2.48. The Morgan fingerprint density at radius 2 is 1.87 bits per heavy atom. The van der Waals surface area contributed by atoms with Gasteiger partial charge in [0.15, 0.2) is 0 Å². The molecule has 0 spiro atoms. The topological polar surface area (TPSA) is 27.0 Å². The van der Waals surface area contributed by atoms with Crippen molar-refractivity contribution in [1.82, 2.24) is 0 Å². The molecule has 0 N–H and O–H groups in total. The van der Waals surface area contributed by atoms with Crippen LogP contribution in [0, 0.1) is 18.3 Å². The molecule has 1 unspecified atom stereocenters. The lowest BCUT2D eigenvalue weighted by Gasteiger charge is -2.48. The second-order valence-electron chi connectivity index (χ2n) is 9.08. The molecule has 2 aromatic carbocycles. The molecule has 2 aromatic rings. The molecule has 0 fully saturated rings. The number of nitriles is 1. The lowest BCUT2D eigenvalue weighted by molar-refractivity contribution is -0.137. The molecule has 1 aliphatic rings. The average Bonchev–Trinajstić information content (AvgIpc) is 2.69. The normalized spacial score (nSPS) is 18.5. The molecule has 1 aliphatic heterocycles. The predicted molar refractivity (Wildman–Crippen MR) is 121 cm³/mol. The van der Waals surface area contributed by atoms with Gasteiger partial charge in [-0.3, -0.25) is 0 Å². The fraction of sp³-hybridized carbons (Fsp3) is 0.423. The van der Waals surface area contributed by atoms with Gasteiger partial charge in [-0.15, -0.1) is 0 Å². The van der Waals surface area contributed by atoms with Gasteiger partial charge in [0.2, 0.25) is 0 Å². The van der Waals surface area contributed by atoms with Crippen LogP contribution in [-0.2, 0) is 6.18 Å². The number of aryl methyl sites for hydroxylation is 1. The number of fused-ring (bicyclic) bond motifs is 1. The second kappa shape index (κ2) is 8.42. The summed E-state index contributed by atoms with van der Waals surface area (Å²) in [6, 6.07) is 11.3. The third-order valence-corrected chi connectivity index (χ3v) is 6.16. The summed E-state index contributed by atoms with van der Waals surface area (Å²) in [6.45, 7) is 12.0. The Balaban J connectivity index is 2.05. The first-order valence-electron chi connectivity index (χ1n) is 10.7. The number of hydrogen-bond acceptors (Lipinski definition) is 2. The van der Waals surface area contributed by atoms with Crippen molar-refractivity contribution < 1.29 is 13.2 Å². The monoisotopic (exact) mass is 426 g/mol. The molecule has 164 valence electrons. The third kappa shape index (κ3) is 4.63. The highest BCUT2D eigenvalue weighted by Gasteiger charge is 2.36. The maximum absolute atomic E-state index is 12.9. The van der Waals surface area contributed by atoms with E-state index < -0.39 is 11.7 Å². The number of rotatable bonds is 4. The first kappa shape index (κ1) is 22.9. The quantitative estimate of drug-likeness (QED) is 0.372. The van der Waals surface area contributed by atoms with Gasteiger partial charge in [-0.05, 0) is 92.1 Å². The molecule has 31 heavy (non-hydrogen) atoms. The van der Waals surface area contributed by atoms with Crippen LogP contribution in [0.1, 0.15) is 74.3 Å². The van der Waals surface area contributed by atoms with Crippen molar-refractivity contribution in [3.05, 3.63) is 64.2 Å². The smallest absolute Gasteiger partial charge is 0.366 e. The number of anilines is 1. The zero-order valence-corrected chi connectivity index (χ0v) is 18.8. The van der Waals surface area contributed by atoms with E-state index in [4.69, 9.17) is 0 Å². The highest BCUT2D eigenvalue weighted by atomic mass is 19.4. The number of alkyl halides is 3. The summed E-state index contributed by atoms with van der Waals surface area (Å²) >= 11 is 0. The van der Waals surface area contributed by atoms with E-state index in [0.717, 1.165) is 42.6 Å². The van der Waals surface area contributed by atoms with Gasteiger partial charge in [-0.2, -0.15) is 18.4 Å². The summed E-state index contributed by atoms with van der Waals surface area (Å²) in [5.74, 6) is 0.377. The fourth-order valence-electron chi connectivity index (χ4n) is 4.63. The largest absolute Gasteiger partial charge is 0.416 e. The van der Waals surface area contributed by atoms with Gasteiger partial charge in [-0.25, -0.2) is 0 Å². The van der Waals surface area contributed by atoms with Crippen LogP contribution >= 0.6 is 0 Å².